The quantitative estimate of drug-likeness (QED) is 0.196. The van der Waals surface area contributed by atoms with Crippen LogP contribution in [0.5, 0.6) is 0 Å². The Morgan fingerprint density at radius 2 is 1.00 bits per heavy atom. The Kier molecular flexibility index (Phi) is 20.1. The number of ether oxygens (including phenoxy) is 2. The monoisotopic (exact) mass is 358 g/mol. The SMILES string of the molecule is CCCCCCCCCCCCCCCCC(C)OCCOC(C)O. The van der Waals surface area contributed by atoms with Gasteiger partial charge in [0, 0.05) is 0 Å². The summed E-state index contributed by atoms with van der Waals surface area (Å²) in [7, 11) is 0. The zero-order valence-corrected chi connectivity index (χ0v) is 17.4. The number of aliphatic hydroxyl groups is 1. The fraction of sp³-hybridized carbons (Fsp3) is 1.00. The molecule has 0 radical (unpaired) electrons. The van der Waals surface area contributed by atoms with Crippen molar-refractivity contribution in [2.24, 2.45) is 0 Å². The van der Waals surface area contributed by atoms with Crippen molar-refractivity contribution < 1.29 is 14.6 Å². The number of rotatable bonds is 20. The van der Waals surface area contributed by atoms with E-state index in [0.717, 1.165) is 6.42 Å². The molecule has 3 heteroatoms. The van der Waals surface area contributed by atoms with E-state index in [1.165, 1.54) is 89.9 Å². The molecule has 0 saturated carbocycles. The molecule has 0 aliphatic rings. The van der Waals surface area contributed by atoms with Gasteiger partial charge in [0.25, 0.3) is 0 Å². The first-order valence-corrected chi connectivity index (χ1v) is 11.1. The van der Waals surface area contributed by atoms with Crippen LogP contribution in [0.25, 0.3) is 0 Å². The number of hydrogen-bond donors (Lipinski definition) is 1. The zero-order chi connectivity index (χ0) is 18.6. The summed E-state index contributed by atoms with van der Waals surface area (Å²) in [4.78, 5) is 0. The van der Waals surface area contributed by atoms with Gasteiger partial charge in [-0.15, -0.1) is 0 Å². The minimum absolute atomic E-state index is 0.301. The van der Waals surface area contributed by atoms with Crippen molar-refractivity contribution >= 4 is 0 Å². The lowest BCUT2D eigenvalue weighted by atomic mass is 10.0. The molecular formula is C22H46O3. The molecule has 0 aromatic rings. The summed E-state index contributed by atoms with van der Waals surface area (Å²) in [6, 6.07) is 0. The summed E-state index contributed by atoms with van der Waals surface area (Å²) in [6.07, 6.45) is 20.4. The van der Waals surface area contributed by atoms with E-state index < -0.39 is 6.29 Å². The molecule has 0 rings (SSSR count). The maximum atomic E-state index is 8.98. The van der Waals surface area contributed by atoms with E-state index in [1.807, 2.05) is 0 Å². The van der Waals surface area contributed by atoms with Crippen molar-refractivity contribution in [3.63, 3.8) is 0 Å². The van der Waals surface area contributed by atoms with Crippen LogP contribution in [-0.2, 0) is 9.47 Å². The Labute approximate surface area is 157 Å². The van der Waals surface area contributed by atoms with Gasteiger partial charge in [-0.1, -0.05) is 96.8 Å². The number of unbranched alkanes of at least 4 members (excludes halogenated alkanes) is 13. The average molecular weight is 359 g/mol. The van der Waals surface area contributed by atoms with Gasteiger partial charge in [-0.05, 0) is 20.3 Å². The van der Waals surface area contributed by atoms with Crippen LogP contribution >= 0.6 is 0 Å². The Morgan fingerprint density at radius 1 is 0.600 bits per heavy atom. The van der Waals surface area contributed by atoms with Crippen LogP contribution in [0.4, 0.5) is 0 Å². The number of hydrogen-bond acceptors (Lipinski definition) is 3. The van der Waals surface area contributed by atoms with Crippen molar-refractivity contribution in [3.8, 4) is 0 Å². The highest BCUT2D eigenvalue weighted by Crippen LogP contribution is 2.14. The smallest absolute Gasteiger partial charge is 0.151 e. The average Bonchev–Trinajstić information content (AvgIpc) is 2.59. The highest BCUT2D eigenvalue weighted by atomic mass is 16.6. The second kappa shape index (κ2) is 20.2. The molecule has 0 bridgehead atoms. The molecule has 2 unspecified atom stereocenters. The van der Waals surface area contributed by atoms with Crippen molar-refractivity contribution in [3.05, 3.63) is 0 Å². The maximum absolute atomic E-state index is 8.98. The molecule has 0 fully saturated rings. The molecule has 25 heavy (non-hydrogen) atoms. The standard InChI is InChI=1S/C22H46O3/c1-4-5-6-7-8-9-10-11-12-13-14-15-16-17-18-21(2)24-19-20-25-22(3)23/h21-23H,4-20H2,1-3H3. The molecule has 0 aliphatic carbocycles. The van der Waals surface area contributed by atoms with E-state index in [2.05, 4.69) is 13.8 Å². The summed E-state index contributed by atoms with van der Waals surface area (Å²) < 4.78 is 10.7. The highest BCUT2D eigenvalue weighted by Gasteiger charge is 2.03. The molecule has 2 atom stereocenters. The van der Waals surface area contributed by atoms with Crippen LogP contribution in [-0.4, -0.2) is 30.7 Å². The van der Waals surface area contributed by atoms with Gasteiger partial charge < -0.3 is 14.6 Å². The van der Waals surface area contributed by atoms with Crippen LogP contribution in [0.1, 0.15) is 117 Å². The van der Waals surface area contributed by atoms with Gasteiger partial charge in [0.05, 0.1) is 19.3 Å². The van der Waals surface area contributed by atoms with E-state index in [1.54, 1.807) is 6.92 Å². The van der Waals surface area contributed by atoms with E-state index >= 15 is 0 Å². The normalized spacial score (nSPS) is 13.9. The molecule has 1 N–H and O–H groups in total. The lowest BCUT2D eigenvalue weighted by molar-refractivity contribution is -0.105. The predicted molar refractivity (Wildman–Crippen MR) is 108 cm³/mol. The molecule has 0 amide bonds. The Bertz CT molecular complexity index is 243. The largest absolute Gasteiger partial charge is 0.376 e. The summed E-state index contributed by atoms with van der Waals surface area (Å²) >= 11 is 0. The molecule has 3 nitrogen and oxygen atoms in total. The second-order valence-corrected chi connectivity index (χ2v) is 7.54. The van der Waals surface area contributed by atoms with Gasteiger partial charge >= 0.3 is 0 Å². The van der Waals surface area contributed by atoms with Crippen LogP contribution in [0.15, 0.2) is 0 Å². The Morgan fingerprint density at radius 3 is 1.44 bits per heavy atom. The minimum atomic E-state index is -0.690. The summed E-state index contributed by atoms with van der Waals surface area (Å²) in [5, 5.41) is 8.98. The maximum Gasteiger partial charge on any atom is 0.151 e. The van der Waals surface area contributed by atoms with Crippen LogP contribution in [0.3, 0.4) is 0 Å². The molecular weight excluding hydrogens is 312 g/mol. The fourth-order valence-corrected chi connectivity index (χ4v) is 3.18. The molecule has 0 heterocycles. The number of aliphatic hydroxyl groups excluding tert-OH is 1. The van der Waals surface area contributed by atoms with Gasteiger partial charge in [-0.3, -0.25) is 0 Å². The van der Waals surface area contributed by atoms with Crippen molar-refractivity contribution in [2.45, 2.75) is 129 Å². The fourth-order valence-electron chi connectivity index (χ4n) is 3.18. The van der Waals surface area contributed by atoms with E-state index in [-0.39, 0.29) is 0 Å². The molecule has 0 aliphatic heterocycles. The first kappa shape index (κ1) is 24.9. The molecule has 0 spiro atoms. The van der Waals surface area contributed by atoms with Crippen LogP contribution < -0.4 is 0 Å². The zero-order valence-electron chi connectivity index (χ0n) is 17.4. The third kappa shape index (κ3) is 21.8. The summed E-state index contributed by atoms with van der Waals surface area (Å²) in [6.45, 7) is 7.08. The predicted octanol–water partition coefficient (Wildman–Crippen LogP) is 6.62. The van der Waals surface area contributed by atoms with Gasteiger partial charge in [0.1, 0.15) is 0 Å². The topological polar surface area (TPSA) is 38.7 Å². The Hall–Kier alpha value is -0.120. The first-order valence-electron chi connectivity index (χ1n) is 11.1. The summed E-state index contributed by atoms with van der Waals surface area (Å²) in [5.74, 6) is 0. The van der Waals surface area contributed by atoms with Gasteiger partial charge in [-0.25, -0.2) is 0 Å². The molecule has 152 valence electrons. The van der Waals surface area contributed by atoms with Gasteiger partial charge in [-0.2, -0.15) is 0 Å². The van der Waals surface area contributed by atoms with Gasteiger partial charge in [0.15, 0.2) is 6.29 Å². The van der Waals surface area contributed by atoms with E-state index in [4.69, 9.17) is 14.6 Å². The van der Waals surface area contributed by atoms with Crippen LogP contribution in [0, 0.1) is 0 Å². The third-order valence-corrected chi connectivity index (χ3v) is 4.81. The molecule has 0 saturated heterocycles. The van der Waals surface area contributed by atoms with Crippen molar-refractivity contribution in [2.75, 3.05) is 13.2 Å². The second-order valence-electron chi connectivity index (χ2n) is 7.54. The third-order valence-electron chi connectivity index (χ3n) is 4.81. The molecule has 0 aromatic carbocycles. The minimum Gasteiger partial charge on any atom is -0.376 e. The lowest BCUT2D eigenvalue weighted by Crippen LogP contribution is -2.16. The lowest BCUT2D eigenvalue weighted by Gasteiger charge is -2.13. The highest BCUT2D eigenvalue weighted by molar-refractivity contribution is 4.53. The van der Waals surface area contributed by atoms with Gasteiger partial charge in [0.2, 0.25) is 0 Å². The molecule has 0 aromatic heterocycles. The summed E-state index contributed by atoms with van der Waals surface area (Å²) in [5.41, 5.74) is 0. The van der Waals surface area contributed by atoms with E-state index in [9.17, 15) is 0 Å². The van der Waals surface area contributed by atoms with Crippen molar-refractivity contribution in [1.82, 2.24) is 0 Å². The van der Waals surface area contributed by atoms with Crippen LogP contribution in [0.2, 0.25) is 0 Å². The first-order chi connectivity index (χ1) is 12.2. The van der Waals surface area contributed by atoms with E-state index in [0.29, 0.717) is 19.3 Å². The van der Waals surface area contributed by atoms with Crippen molar-refractivity contribution in [1.29, 1.82) is 0 Å². The Balaban J connectivity index is 3.10.